The topological polar surface area (TPSA) is 67.8 Å². The Morgan fingerprint density at radius 2 is 1.69 bits per heavy atom. The van der Waals surface area contributed by atoms with E-state index in [4.69, 9.17) is 23.2 Å². The molecule has 0 aliphatic rings. The number of rotatable bonds is 5. The number of hydrogen-bond donors (Lipinski definition) is 1. The molecule has 5 nitrogen and oxygen atoms in total. The Labute approximate surface area is 173 Å². The van der Waals surface area contributed by atoms with Crippen molar-refractivity contribution in [3.05, 3.63) is 87.7 Å². The van der Waals surface area contributed by atoms with Crippen molar-refractivity contribution in [3.63, 3.8) is 0 Å². The molecule has 0 saturated heterocycles. The van der Waals surface area contributed by atoms with Crippen LogP contribution in [-0.4, -0.2) is 27.4 Å². The zero-order valence-electron chi connectivity index (χ0n) is 14.6. The van der Waals surface area contributed by atoms with Gasteiger partial charge in [0, 0.05) is 37.3 Å². The van der Waals surface area contributed by atoms with E-state index in [0.717, 1.165) is 18.0 Å². The van der Waals surface area contributed by atoms with Crippen molar-refractivity contribution < 1.29 is 18.0 Å². The van der Waals surface area contributed by atoms with Gasteiger partial charge in [0.15, 0.2) is 0 Å². The average Bonchev–Trinajstić information content (AvgIpc) is 2.70. The number of amides is 1. The summed E-state index contributed by atoms with van der Waals surface area (Å²) in [6.45, 7) is 0.0699. The molecule has 0 saturated carbocycles. The predicted octanol–water partition coefficient (Wildman–Crippen LogP) is 4.76. The van der Waals surface area contributed by atoms with Crippen LogP contribution in [0.3, 0.4) is 0 Å². The van der Waals surface area contributed by atoms with Gasteiger partial charge in [-0.1, -0.05) is 29.3 Å². The molecule has 1 unspecified atom stereocenters. The first-order chi connectivity index (χ1) is 13.8. The maximum absolute atomic E-state index is 12.7. The molecule has 0 bridgehead atoms. The number of nitrogens with one attached hydrogen (secondary N) is 1. The molecular formula is C19H13Cl2F3N4O. The fourth-order valence-electron chi connectivity index (χ4n) is 2.66. The SMILES string of the molecule is O=C(NCC(c1ccncc1)c1cnc(C(F)(F)F)nc1)c1cccc(Cl)c1Cl. The summed E-state index contributed by atoms with van der Waals surface area (Å²) in [5.41, 5.74) is 1.32. The second-order valence-corrected chi connectivity index (χ2v) is 6.77. The molecular weight excluding hydrogens is 428 g/mol. The lowest BCUT2D eigenvalue weighted by molar-refractivity contribution is -0.145. The van der Waals surface area contributed by atoms with Crippen LogP contribution in [0, 0.1) is 0 Å². The summed E-state index contributed by atoms with van der Waals surface area (Å²) in [6, 6.07) is 8.06. The highest BCUT2D eigenvalue weighted by atomic mass is 35.5. The van der Waals surface area contributed by atoms with Crippen LogP contribution in [0.4, 0.5) is 13.2 Å². The quantitative estimate of drug-likeness (QED) is 0.620. The zero-order valence-corrected chi connectivity index (χ0v) is 16.1. The number of aromatic nitrogens is 3. The summed E-state index contributed by atoms with van der Waals surface area (Å²) in [4.78, 5) is 23.3. The van der Waals surface area contributed by atoms with Crippen molar-refractivity contribution >= 4 is 29.1 Å². The van der Waals surface area contributed by atoms with Crippen LogP contribution in [0.5, 0.6) is 0 Å². The second kappa shape index (κ2) is 8.75. The molecule has 3 aromatic rings. The van der Waals surface area contributed by atoms with Gasteiger partial charge >= 0.3 is 6.18 Å². The van der Waals surface area contributed by atoms with E-state index in [1.54, 1.807) is 36.7 Å². The van der Waals surface area contributed by atoms with Crippen molar-refractivity contribution in [3.8, 4) is 0 Å². The van der Waals surface area contributed by atoms with Crippen LogP contribution in [0.15, 0.2) is 55.1 Å². The highest BCUT2D eigenvalue weighted by Gasteiger charge is 2.34. The summed E-state index contributed by atoms with van der Waals surface area (Å²) in [5, 5.41) is 3.08. The number of nitrogens with zero attached hydrogens (tertiary/aromatic N) is 3. The highest BCUT2D eigenvalue weighted by molar-refractivity contribution is 6.43. The lowest BCUT2D eigenvalue weighted by atomic mass is 9.94. The van der Waals surface area contributed by atoms with Crippen molar-refractivity contribution in [2.24, 2.45) is 0 Å². The predicted molar refractivity (Wildman–Crippen MR) is 102 cm³/mol. The van der Waals surface area contributed by atoms with Crippen LogP contribution in [0.2, 0.25) is 10.0 Å². The van der Waals surface area contributed by atoms with Crippen molar-refractivity contribution in [2.45, 2.75) is 12.1 Å². The van der Waals surface area contributed by atoms with Gasteiger partial charge in [0.1, 0.15) is 0 Å². The molecule has 0 aliphatic heterocycles. The average molecular weight is 441 g/mol. The smallest absolute Gasteiger partial charge is 0.351 e. The summed E-state index contributed by atoms with van der Waals surface area (Å²) < 4.78 is 38.2. The molecule has 1 atom stereocenters. The fourth-order valence-corrected chi connectivity index (χ4v) is 3.04. The van der Waals surface area contributed by atoms with Gasteiger partial charge in [-0.2, -0.15) is 13.2 Å². The van der Waals surface area contributed by atoms with E-state index in [1.165, 1.54) is 6.07 Å². The number of carbonyl (C=O) groups excluding carboxylic acids is 1. The lowest BCUT2D eigenvalue weighted by Gasteiger charge is -2.19. The number of benzene rings is 1. The number of carbonyl (C=O) groups is 1. The summed E-state index contributed by atoms with van der Waals surface area (Å²) in [5.74, 6) is -2.20. The number of alkyl halides is 3. The minimum Gasteiger partial charge on any atom is -0.351 e. The molecule has 2 aromatic heterocycles. The number of halogens is 5. The molecule has 1 amide bonds. The van der Waals surface area contributed by atoms with E-state index in [1.807, 2.05) is 0 Å². The fraction of sp³-hybridized carbons (Fsp3) is 0.158. The Morgan fingerprint density at radius 1 is 1.03 bits per heavy atom. The van der Waals surface area contributed by atoms with E-state index >= 15 is 0 Å². The Kier molecular flexibility index (Phi) is 6.34. The summed E-state index contributed by atoms with van der Waals surface area (Å²) in [7, 11) is 0. The van der Waals surface area contributed by atoms with E-state index in [2.05, 4.69) is 20.3 Å². The normalized spacial score (nSPS) is 12.4. The zero-order chi connectivity index (χ0) is 21.0. The Morgan fingerprint density at radius 3 is 2.31 bits per heavy atom. The molecule has 1 N–H and O–H groups in total. The van der Waals surface area contributed by atoms with E-state index in [-0.39, 0.29) is 22.2 Å². The van der Waals surface area contributed by atoms with Crippen molar-refractivity contribution in [2.75, 3.05) is 6.54 Å². The molecule has 1 aromatic carbocycles. The highest BCUT2D eigenvalue weighted by Crippen LogP contribution is 2.29. The van der Waals surface area contributed by atoms with Gasteiger partial charge < -0.3 is 5.32 Å². The Bertz CT molecular complexity index is 999. The molecule has 2 heterocycles. The standard InChI is InChI=1S/C19H13Cl2F3N4O/c20-15-3-1-2-13(16(15)21)17(29)26-10-14(11-4-6-25-7-5-11)12-8-27-18(28-9-12)19(22,23)24/h1-9,14H,10H2,(H,26,29). The first-order valence-electron chi connectivity index (χ1n) is 8.28. The lowest BCUT2D eigenvalue weighted by Crippen LogP contribution is -2.29. The van der Waals surface area contributed by atoms with Crippen LogP contribution in [0.1, 0.15) is 33.2 Å². The Balaban J connectivity index is 1.85. The van der Waals surface area contributed by atoms with Crippen LogP contribution in [-0.2, 0) is 6.18 Å². The molecule has 0 fully saturated rings. The van der Waals surface area contributed by atoms with Gasteiger partial charge in [0.2, 0.25) is 5.82 Å². The van der Waals surface area contributed by atoms with Gasteiger partial charge in [-0.15, -0.1) is 0 Å². The largest absolute Gasteiger partial charge is 0.451 e. The van der Waals surface area contributed by atoms with E-state index in [9.17, 15) is 18.0 Å². The third kappa shape index (κ3) is 5.02. The van der Waals surface area contributed by atoms with Gasteiger partial charge in [0.05, 0.1) is 15.6 Å². The van der Waals surface area contributed by atoms with Crippen molar-refractivity contribution in [1.29, 1.82) is 0 Å². The molecule has 10 heteroatoms. The molecule has 0 aliphatic carbocycles. The van der Waals surface area contributed by atoms with Gasteiger partial charge in [-0.05, 0) is 35.4 Å². The Hall–Kier alpha value is -2.71. The maximum atomic E-state index is 12.7. The van der Waals surface area contributed by atoms with Crippen molar-refractivity contribution in [1.82, 2.24) is 20.3 Å². The minimum atomic E-state index is -4.64. The van der Waals surface area contributed by atoms with Crippen LogP contribution < -0.4 is 5.32 Å². The molecule has 3 rings (SSSR count). The number of pyridine rings is 1. The van der Waals surface area contributed by atoms with E-state index < -0.39 is 23.8 Å². The first kappa shape index (κ1) is 21.0. The van der Waals surface area contributed by atoms with Crippen LogP contribution in [0.25, 0.3) is 0 Å². The molecule has 150 valence electrons. The molecule has 0 radical (unpaired) electrons. The summed E-state index contributed by atoms with van der Waals surface area (Å²) >= 11 is 12.0. The third-order valence-electron chi connectivity index (χ3n) is 4.10. The maximum Gasteiger partial charge on any atom is 0.451 e. The van der Waals surface area contributed by atoms with E-state index in [0.29, 0.717) is 5.56 Å². The molecule has 0 spiro atoms. The minimum absolute atomic E-state index is 0.0699. The second-order valence-electron chi connectivity index (χ2n) is 5.98. The number of hydrogen-bond acceptors (Lipinski definition) is 4. The third-order valence-corrected chi connectivity index (χ3v) is 4.92. The van der Waals surface area contributed by atoms with Gasteiger partial charge in [-0.3, -0.25) is 9.78 Å². The monoisotopic (exact) mass is 440 g/mol. The van der Waals surface area contributed by atoms with Gasteiger partial charge in [0.25, 0.3) is 5.91 Å². The first-order valence-corrected chi connectivity index (χ1v) is 9.04. The molecule has 29 heavy (non-hydrogen) atoms. The van der Waals surface area contributed by atoms with Gasteiger partial charge in [-0.25, -0.2) is 9.97 Å². The van der Waals surface area contributed by atoms with Crippen LogP contribution >= 0.6 is 23.2 Å². The summed E-state index contributed by atoms with van der Waals surface area (Å²) in [6.07, 6.45) is 0.646.